The topological polar surface area (TPSA) is 12.5 Å². The fourth-order valence-electron chi connectivity index (χ4n) is 4.08. The fourth-order valence-corrected chi connectivity index (χ4v) is 4.08. The standard InChI is InChI=1S/C23H31NO/c1-16-8-6-9-17(2)21(16)23(22-18(3)10-7-11-19(22)4)25-20-12-14-24(5)15-13-20/h6-11,20,23H,12-15H2,1-5H3. The molecule has 0 aliphatic carbocycles. The summed E-state index contributed by atoms with van der Waals surface area (Å²) in [5.74, 6) is 0. The van der Waals surface area contributed by atoms with Crippen LogP contribution in [-0.2, 0) is 4.74 Å². The highest BCUT2D eigenvalue weighted by atomic mass is 16.5. The predicted octanol–water partition coefficient (Wildman–Crippen LogP) is 5.12. The van der Waals surface area contributed by atoms with Gasteiger partial charge in [0, 0.05) is 13.1 Å². The molecular weight excluding hydrogens is 306 g/mol. The lowest BCUT2D eigenvalue weighted by atomic mass is 9.88. The first-order valence-electron chi connectivity index (χ1n) is 9.43. The Hall–Kier alpha value is -1.64. The highest BCUT2D eigenvalue weighted by molar-refractivity contribution is 5.46. The Morgan fingerprint density at radius 2 is 1.20 bits per heavy atom. The molecule has 0 atom stereocenters. The van der Waals surface area contributed by atoms with Crippen LogP contribution in [0.3, 0.4) is 0 Å². The smallest absolute Gasteiger partial charge is 0.109 e. The van der Waals surface area contributed by atoms with Gasteiger partial charge in [0.15, 0.2) is 0 Å². The van der Waals surface area contributed by atoms with Gasteiger partial charge in [0.1, 0.15) is 6.10 Å². The van der Waals surface area contributed by atoms with Crippen molar-refractivity contribution in [2.45, 2.75) is 52.7 Å². The third kappa shape index (κ3) is 3.96. The molecule has 0 bridgehead atoms. The normalized spacial score (nSPS) is 16.6. The number of piperidine rings is 1. The zero-order valence-corrected chi connectivity index (χ0v) is 16.3. The van der Waals surface area contributed by atoms with Gasteiger partial charge in [-0.3, -0.25) is 0 Å². The molecule has 0 saturated carbocycles. The van der Waals surface area contributed by atoms with Crippen molar-refractivity contribution in [2.75, 3.05) is 20.1 Å². The SMILES string of the molecule is Cc1cccc(C)c1C(OC1CCN(C)CC1)c1c(C)cccc1C. The van der Waals surface area contributed by atoms with E-state index in [1.807, 2.05) is 0 Å². The summed E-state index contributed by atoms with van der Waals surface area (Å²) >= 11 is 0. The lowest BCUT2D eigenvalue weighted by Crippen LogP contribution is -2.35. The van der Waals surface area contributed by atoms with Gasteiger partial charge in [0.25, 0.3) is 0 Å². The molecule has 1 heterocycles. The molecule has 1 fully saturated rings. The Bertz CT molecular complexity index is 637. The summed E-state index contributed by atoms with van der Waals surface area (Å²) in [6, 6.07) is 13.1. The van der Waals surface area contributed by atoms with Crippen LogP contribution >= 0.6 is 0 Å². The summed E-state index contributed by atoms with van der Waals surface area (Å²) in [5.41, 5.74) is 7.97. The van der Waals surface area contributed by atoms with E-state index in [0.29, 0.717) is 6.10 Å². The van der Waals surface area contributed by atoms with E-state index >= 15 is 0 Å². The second-order valence-corrected chi connectivity index (χ2v) is 7.63. The van der Waals surface area contributed by atoms with Crippen LogP contribution in [-0.4, -0.2) is 31.1 Å². The number of hydrogen-bond donors (Lipinski definition) is 0. The van der Waals surface area contributed by atoms with Gasteiger partial charge in [0.05, 0.1) is 6.10 Å². The maximum absolute atomic E-state index is 6.81. The monoisotopic (exact) mass is 337 g/mol. The van der Waals surface area contributed by atoms with Crippen molar-refractivity contribution in [3.63, 3.8) is 0 Å². The van der Waals surface area contributed by atoms with Crippen molar-refractivity contribution in [3.05, 3.63) is 69.8 Å². The molecule has 2 aromatic carbocycles. The molecule has 0 aromatic heterocycles. The molecule has 0 N–H and O–H groups in total. The van der Waals surface area contributed by atoms with Crippen molar-refractivity contribution in [1.29, 1.82) is 0 Å². The zero-order chi connectivity index (χ0) is 18.0. The highest BCUT2D eigenvalue weighted by Crippen LogP contribution is 2.36. The number of nitrogens with zero attached hydrogens (tertiary/aromatic N) is 1. The second-order valence-electron chi connectivity index (χ2n) is 7.63. The third-order valence-electron chi connectivity index (χ3n) is 5.60. The van der Waals surface area contributed by atoms with E-state index < -0.39 is 0 Å². The number of likely N-dealkylation sites (tertiary alicyclic amines) is 1. The highest BCUT2D eigenvalue weighted by Gasteiger charge is 2.27. The van der Waals surface area contributed by atoms with Crippen LogP contribution in [0.25, 0.3) is 0 Å². The summed E-state index contributed by atoms with van der Waals surface area (Å²) in [6.07, 6.45) is 2.58. The maximum atomic E-state index is 6.81. The first kappa shape index (κ1) is 18.2. The summed E-state index contributed by atoms with van der Waals surface area (Å²) in [5, 5.41) is 0. The molecule has 1 aliphatic rings. The van der Waals surface area contributed by atoms with Gasteiger partial charge in [-0.25, -0.2) is 0 Å². The van der Waals surface area contributed by atoms with E-state index in [1.54, 1.807) is 0 Å². The van der Waals surface area contributed by atoms with Gasteiger partial charge in [-0.15, -0.1) is 0 Å². The molecule has 25 heavy (non-hydrogen) atoms. The molecule has 2 aromatic rings. The van der Waals surface area contributed by atoms with Crippen LogP contribution in [0.1, 0.15) is 52.3 Å². The predicted molar refractivity (Wildman–Crippen MR) is 105 cm³/mol. The number of benzene rings is 2. The molecule has 0 radical (unpaired) electrons. The number of aryl methyl sites for hydroxylation is 4. The Morgan fingerprint density at radius 1 is 0.800 bits per heavy atom. The van der Waals surface area contributed by atoms with Crippen molar-refractivity contribution in [1.82, 2.24) is 4.90 Å². The van der Waals surface area contributed by atoms with E-state index in [1.165, 1.54) is 33.4 Å². The van der Waals surface area contributed by atoms with E-state index in [9.17, 15) is 0 Å². The summed E-state index contributed by atoms with van der Waals surface area (Å²) in [7, 11) is 2.20. The van der Waals surface area contributed by atoms with Crippen molar-refractivity contribution in [3.8, 4) is 0 Å². The van der Waals surface area contributed by atoms with Gasteiger partial charge in [-0.2, -0.15) is 0 Å². The lowest BCUT2D eigenvalue weighted by Gasteiger charge is -2.34. The second kappa shape index (κ2) is 7.72. The Kier molecular flexibility index (Phi) is 5.61. The minimum Gasteiger partial charge on any atom is -0.365 e. The minimum absolute atomic E-state index is 0.0239. The Morgan fingerprint density at radius 3 is 1.60 bits per heavy atom. The Labute approximate surface area is 152 Å². The van der Waals surface area contributed by atoms with Gasteiger partial charge in [-0.05, 0) is 81.0 Å². The molecule has 0 amide bonds. The van der Waals surface area contributed by atoms with Crippen LogP contribution < -0.4 is 0 Å². The van der Waals surface area contributed by atoms with Crippen molar-refractivity contribution < 1.29 is 4.74 Å². The third-order valence-corrected chi connectivity index (χ3v) is 5.60. The van der Waals surface area contributed by atoms with E-state index in [4.69, 9.17) is 4.74 Å². The zero-order valence-electron chi connectivity index (χ0n) is 16.3. The van der Waals surface area contributed by atoms with E-state index in [-0.39, 0.29) is 6.10 Å². The average Bonchev–Trinajstić information content (AvgIpc) is 2.56. The Balaban J connectivity index is 2.03. The van der Waals surface area contributed by atoms with Crippen LogP contribution in [0.4, 0.5) is 0 Å². The molecule has 2 nitrogen and oxygen atoms in total. The van der Waals surface area contributed by atoms with E-state index in [2.05, 4.69) is 76.0 Å². The molecule has 0 unspecified atom stereocenters. The van der Waals surface area contributed by atoms with Gasteiger partial charge in [-0.1, -0.05) is 36.4 Å². The van der Waals surface area contributed by atoms with Gasteiger partial charge >= 0.3 is 0 Å². The summed E-state index contributed by atoms with van der Waals surface area (Å²) in [4.78, 5) is 2.40. The first-order chi connectivity index (χ1) is 12.0. The molecule has 2 heteroatoms. The van der Waals surface area contributed by atoms with Crippen LogP contribution in [0.15, 0.2) is 36.4 Å². The lowest BCUT2D eigenvalue weighted by molar-refractivity contribution is -0.0243. The van der Waals surface area contributed by atoms with Crippen molar-refractivity contribution >= 4 is 0 Å². The number of rotatable bonds is 4. The molecule has 134 valence electrons. The number of ether oxygens (including phenoxy) is 1. The molecular formula is C23H31NO. The maximum Gasteiger partial charge on any atom is 0.109 e. The van der Waals surface area contributed by atoms with E-state index in [0.717, 1.165) is 25.9 Å². The minimum atomic E-state index is 0.0239. The summed E-state index contributed by atoms with van der Waals surface area (Å²) in [6.45, 7) is 11.1. The first-order valence-corrected chi connectivity index (χ1v) is 9.43. The quantitative estimate of drug-likeness (QED) is 0.768. The van der Waals surface area contributed by atoms with Gasteiger partial charge < -0.3 is 9.64 Å². The number of hydrogen-bond acceptors (Lipinski definition) is 2. The van der Waals surface area contributed by atoms with Gasteiger partial charge in [0.2, 0.25) is 0 Å². The van der Waals surface area contributed by atoms with Crippen molar-refractivity contribution in [2.24, 2.45) is 0 Å². The van der Waals surface area contributed by atoms with Crippen LogP contribution in [0.2, 0.25) is 0 Å². The molecule has 0 spiro atoms. The fraction of sp³-hybridized carbons (Fsp3) is 0.478. The molecule has 1 aliphatic heterocycles. The average molecular weight is 338 g/mol. The molecule has 3 rings (SSSR count). The largest absolute Gasteiger partial charge is 0.365 e. The summed E-state index contributed by atoms with van der Waals surface area (Å²) < 4.78 is 6.81. The molecule has 1 saturated heterocycles. The van der Waals surface area contributed by atoms with Crippen LogP contribution in [0, 0.1) is 27.7 Å². The van der Waals surface area contributed by atoms with Crippen LogP contribution in [0.5, 0.6) is 0 Å².